The monoisotopic (exact) mass is 167 g/mol. The minimum absolute atomic E-state index is 0.148. The van der Waals surface area contributed by atoms with Gasteiger partial charge in [0.05, 0.1) is 5.41 Å². The van der Waals surface area contributed by atoms with Gasteiger partial charge in [0.25, 0.3) is 0 Å². The first-order valence-electron chi connectivity index (χ1n) is 4.88. The molecular weight excluding hydrogens is 150 g/mol. The number of carbonyl (C=O) groups excluding carboxylic acids is 1. The molecule has 68 valence electrons. The number of rotatable bonds is 2. The molecule has 2 rings (SSSR count). The highest BCUT2D eigenvalue weighted by atomic mass is 16.1. The van der Waals surface area contributed by atoms with Crippen LogP contribution in [-0.2, 0) is 4.79 Å². The predicted octanol–water partition coefficient (Wildman–Crippen LogP) is 1.31. The largest absolute Gasteiger partial charge is 0.301 e. The maximum Gasteiger partial charge on any atom is 0.141 e. The topological polar surface area (TPSA) is 20.3 Å². The number of ketones is 1. The van der Waals surface area contributed by atoms with Crippen molar-refractivity contribution in [3.8, 4) is 0 Å². The second-order valence-corrected chi connectivity index (χ2v) is 4.77. The van der Waals surface area contributed by atoms with Crippen molar-refractivity contribution in [2.24, 2.45) is 11.3 Å². The molecule has 0 N–H and O–H groups in total. The van der Waals surface area contributed by atoms with Crippen molar-refractivity contribution in [1.29, 1.82) is 0 Å². The van der Waals surface area contributed by atoms with Gasteiger partial charge in [-0.3, -0.25) is 4.79 Å². The molecule has 12 heavy (non-hydrogen) atoms. The van der Waals surface area contributed by atoms with Gasteiger partial charge in [0.2, 0.25) is 0 Å². The average molecular weight is 167 g/mol. The Labute approximate surface area is 73.9 Å². The lowest BCUT2D eigenvalue weighted by molar-refractivity contribution is -0.153. The lowest BCUT2D eigenvalue weighted by Gasteiger charge is -2.54. The van der Waals surface area contributed by atoms with Crippen molar-refractivity contribution >= 4 is 5.78 Å². The van der Waals surface area contributed by atoms with Gasteiger partial charge in [-0.2, -0.15) is 0 Å². The van der Waals surface area contributed by atoms with E-state index in [1.807, 2.05) is 0 Å². The number of hydrogen-bond donors (Lipinski definition) is 0. The second kappa shape index (κ2) is 2.56. The Balaban J connectivity index is 1.80. The summed E-state index contributed by atoms with van der Waals surface area (Å²) in [6.45, 7) is 7.71. The van der Waals surface area contributed by atoms with Crippen LogP contribution in [0.25, 0.3) is 0 Å². The lowest BCUT2D eigenvalue weighted by Crippen LogP contribution is -2.65. The van der Waals surface area contributed by atoms with Gasteiger partial charge >= 0.3 is 0 Å². The minimum Gasteiger partial charge on any atom is -0.301 e. The minimum atomic E-state index is 0.148. The van der Waals surface area contributed by atoms with Crippen LogP contribution in [0.3, 0.4) is 0 Å². The molecule has 1 saturated heterocycles. The van der Waals surface area contributed by atoms with Gasteiger partial charge in [0.1, 0.15) is 5.78 Å². The van der Waals surface area contributed by atoms with E-state index in [0.29, 0.717) is 5.78 Å². The molecule has 2 aliphatic rings. The van der Waals surface area contributed by atoms with E-state index in [-0.39, 0.29) is 5.41 Å². The van der Waals surface area contributed by atoms with Crippen LogP contribution in [0.5, 0.6) is 0 Å². The third-order valence-electron chi connectivity index (χ3n) is 3.10. The van der Waals surface area contributed by atoms with Crippen molar-refractivity contribution in [3.63, 3.8) is 0 Å². The van der Waals surface area contributed by atoms with Crippen LogP contribution in [0, 0.1) is 11.3 Å². The maximum absolute atomic E-state index is 11.2. The highest BCUT2D eigenvalue weighted by molar-refractivity contribution is 5.91. The van der Waals surface area contributed by atoms with Gasteiger partial charge < -0.3 is 4.90 Å². The quantitative estimate of drug-likeness (QED) is 0.618. The van der Waals surface area contributed by atoms with Crippen molar-refractivity contribution in [3.05, 3.63) is 0 Å². The van der Waals surface area contributed by atoms with Crippen LogP contribution >= 0.6 is 0 Å². The van der Waals surface area contributed by atoms with Gasteiger partial charge in [0, 0.05) is 26.1 Å². The van der Waals surface area contributed by atoms with Crippen LogP contribution in [0.4, 0.5) is 0 Å². The molecule has 1 heterocycles. The van der Waals surface area contributed by atoms with Crippen molar-refractivity contribution in [1.82, 2.24) is 4.90 Å². The molecule has 0 bridgehead atoms. The summed E-state index contributed by atoms with van der Waals surface area (Å²) in [7, 11) is 0. The van der Waals surface area contributed by atoms with Crippen LogP contribution < -0.4 is 0 Å². The first-order valence-corrected chi connectivity index (χ1v) is 4.88. The zero-order chi connectivity index (χ0) is 8.77. The van der Waals surface area contributed by atoms with E-state index in [4.69, 9.17) is 0 Å². The van der Waals surface area contributed by atoms with Gasteiger partial charge in [-0.05, 0) is 12.3 Å². The van der Waals surface area contributed by atoms with Crippen molar-refractivity contribution in [2.75, 3.05) is 19.6 Å². The molecule has 2 fully saturated rings. The standard InChI is InChI=1S/C10H17NO/c1-8(2)5-11-6-10(7-11)4-3-9(10)12/h8H,3-7H2,1-2H3. The van der Waals surface area contributed by atoms with E-state index in [0.717, 1.165) is 38.4 Å². The van der Waals surface area contributed by atoms with E-state index < -0.39 is 0 Å². The van der Waals surface area contributed by atoms with E-state index in [9.17, 15) is 4.79 Å². The second-order valence-electron chi connectivity index (χ2n) is 4.77. The SMILES string of the molecule is CC(C)CN1CC2(CCC2=O)C1. The summed E-state index contributed by atoms with van der Waals surface area (Å²) in [5.41, 5.74) is 0.148. The molecular formula is C10H17NO. The fourth-order valence-corrected chi connectivity index (χ4v) is 2.37. The zero-order valence-electron chi connectivity index (χ0n) is 7.97. The van der Waals surface area contributed by atoms with Gasteiger partial charge in [-0.15, -0.1) is 0 Å². The van der Waals surface area contributed by atoms with Crippen molar-refractivity contribution in [2.45, 2.75) is 26.7 Å². The van der Waals surface area contributed by atoms with E-state index in [2.05, 4.69) is 18.7 Å². The van der Waals surface area contributed by atoms with E-state index in [1.165, 1.54) is 0 Å². The number of hydrogen-bond acceptors (Lipinski definition) is 2. The molecule has 0 radical (unpaired) electrons. The fourth-order valence-electron chi connectivity index (χ4n) is 2.37. The third-order valence-corrected chi connectivity index (χ3v) is 3.10. The molecule has 0 aromatic carbocycles. The van der Waals surface area contributed by atoms with Gasteiger partial charge in [-0.1, -0.05) is 13.8 Å². The number of Topliss-reactive ketones (excluding diaryl/α,β-unsaturated/α-hetero) is 1. The normalized spacial score (nSPS) is 27.4. The molecule has 2 heteroatoms. The summed E-state index contributed by atoms with van der Waals surface area (Å²) in [6, 6.07) is 0. The average Bonchev–Trinajstić information content (AvgIpc) is 1.92. The first-order chi connectivity index (χ1) is 5.62. The number of carbonyl (C=O) groups is 1. The zero-order valence-corrected chi connectivity index (χ0v) is 7.97. The predicted molar refractivity (Wildman–Crippen MR) is 48.0 cm³/mol. The van der Waals surface area contributed by atoms with Crippen LogP contribution in [0.1, 0.15) is 26.7 Å². The highest BCUT2D eigenvalue weighted by Gasteiger charge is 2.53. The fraction of sp³-hybridized carbons (Fsp3) is 0.900. The van der Waals surface area contributed by atoms with Crippen LogP contribution in [-0.4, -0.2) is 30.3 Å². The molecule has 1 aliphatic heterocycles. The summed E-state index contributed by atoms with van der Waals surface area (Å²) in [5, 5.41) is 0. The Hall–Kier alpha value is -0.370. The van der Waals surface area contributed by atoms with Gasteiger partial charge in [-0.25, -0.2) is 0 Å². The van der Waals surface area contributed by atoms with Crippen LogP contribution in [0.15, 0.2) is 0 Å². The number of likely N-dealkylation sites (tertiary alicyclic amines) is 1. The molecule has 0 amide bonds. The Morgan fingerprint density at radius 1 is 1.50 bits per heavy atom. The molecule has 0 aromatic heterocycles. The third kappa shape index (κ3) is 1.09. The Bertz CT molecular complexity index is 204. The van der Waals surface area contributed by atoms with Crippen molar-refractivity contribution < 1.29 is 4.79 Å². The summed E-state index contributed by atoms with van der Waals surface area (Å²) < 4.78 is 0. The Morgan fingerprint density at radius 3 is 2.50 bits per heavy atom. The molecule has 2 nitrogen and oxygen atoms in total. The molecule has 1 spiro atoms. The summed E-state index contributed by atoms with van der Waals surface area (Å²) in [6.07, 6.45) is 2.00. The summed E-state index contributed by atoms with van der Waals surface area (Å²) in [5.74, 6) is 1.25. The lowest BCUT2D eigenvalue weighted by atomic mass is 9.62. The first kappa shape index (κ1) is 8.24. The summed E-state index contributed by atoms with van der Waals surface area (Å²) >= 11 is 0. The number of nitrogens with zero attached hydrogens (tertiary/aromatic N) is 1. The Kier molecular flexibility index (Phi) is 1.76. The smallest absolute Gasteiger partial charge is 0.141 e. The maximum atomic E-state index is 11.2. The van der Waals surface area contributed by atoms with Gasteiger partial charge in [0.15, 0.2) is 0 Å². The molecule has 1 saturated carbocycles. The van der Waals surface area contributed by atoms with E-state index >= 15 is 0 Å². The summed E-state index contributed by atoms with van der Waals surface area (Å²) in [4.78, 5) is 13.6. The molecule has 0 atom stereocenters. The Morgan fingerprint density at radius 2 is 2.17 bits per heavy atom. The van der Waals surface area contributed by atoms with Crippen LogP contribution in [0.2, 0.25) is 0 Å². The molecule has 0 aromatic rings. The highest BCUT2D eigenvalue weighted by Crippen LogP contribution is 2.45. The molecule has 1 aliphatic carbocycles. The molecule has 0 unspecified atom stereocenters. The van der Waals surface area contributed by atoms with E-state index in [1.54, 1.807) is 0 Å².